The first-order valence-corrected chi connectivity index (χ1v) is 14.1. The van der Waals surface area contributed by atoms with Crippen LogP contribution in [0.3, 0.4) is 0 Å². The van der Waals surface area contributed by atoms with Gasteiger partial charge in [0.05, 0.1) is 6.42 Å². The monoisotopic (exact) mass is 483 g/mol. The highest BCUT2D eigenvalue weighted by Gasteiger charge is 2.28. The third kappa shape index (κ3) is 8.71. The molecule has 0 unspecified atom stereocenters. The van der Waals surface area contributed by atoms with Crippen molar-refractivity contribution in [3.8, 4) is 0 Å². The van der Waals surface area contributed by atoms with Crippen LogP contribution in [0.2, 0.25) is 0 Å². The van der Waals surface area contributed by atoms with Gasteiger partial charge in [-0.15, -0.1) is 0 Å². The van der Waals surface area contributed by atoms with Gasteiger partial charge in [0.1, 0.15) is 5.78 Å². The van der Waals surface area contributed by atoms with Crippen LogP contribution in [-0.2, 0) is 16.1 Å². The molecule has 3 heterocycles. The summed E-state index contributed by atoms with van der Waals surface area (Å²) in [4.78, 5) is 30.8. The molecule has 0 bridgehead atoms. The Balaban J connectivity index is 0.00000167. The summed E-state index contributed by atoms with van der Waals surface area (Å²) in [6.07, 6.45) is 7.33. The minimum Gasteiger partial charge on any atom is -0.312 e. The molecule has 5 heteroatoms. The van der Waals surface area contributed by atoms with Crippen LogP contribution >= 0.6 is 0 Å². The van der Waals surface area contributed by atoms with E-state index in [0.717, 1.165) is 24.1 Å². The van der Waals surface area contributed by atoms with Crippen molar-refractivity contribution >= 4 is 17.4 Å². The predicted octanol–water partition coefficient (Wildman–Crippen LogP) is 5.77. The van der Waals surface area contributed by atoms with Crippen LogP contribution in [0.5, 0.6) is 0 Å². The largest absolute Gasteiger partial charge is 0.312 e. The molecule has 1 amide bonds. The van der Waals surface area contributed by atoms with Crippen LogP contribution in [0.4, 0.5) is 5.69 Å². The number of hydrogen-bond acceptors (Lipinski definition) is 4. The number of piperidine rings is 3. The topological polar surface area (TPSA) is 43.9 Å². The van der Waals surface area contributed by atoms with Crippen molar-refractivity contribution in [2.75, 3.05) is 44.2 Å². The van der Waals surface area contributed by atoms with Crippen LogP contribution < -0.4 is 4.90 Å². The average Bonchev–Trinajstić information content (AvgIpc) is 2.82. The minimum atomic E-state index is -0.0616. The first-order valence-electron chi connectivity index (χ1n) is 14.1. The summed E-state index contributed by atoms with van der Waals surface area (Å²) in [5.74, 6) is 1.80. The zero-order valence-corrected chi connectivity index (χ0v) is 23.0. The second-order valence-electron chi connectivity index (χ2n) is 11.9. The fraction of sp³-hybridized carbons (Fsp3) is 0.733. The van der Waals surface area contributed by atoms with Gasteiger partial charge < -0.3 is 9.80 Å². The lowest BCUT2D eigenvalue weighted by atomic mass is 9.82. The number of benzene rings is 1. The molecule has 0 atom stereocenters. The molecule has 0 saturated carbocycles. The van der Waals surface area contributed by atoms with E-state index in [1.165, 1.54) is 70.4 Å². The molecule has 3 aliphatic heterocycles. The number of nitrogens with zero attached hydrogens (tertiary/aromatic N) is 3. The van der Waals surface area contributed by atoms with Gasteiger partial charge in [-0.3, -0.25) is 14.5 Å². The zero-order chi connectivity index (χ0) is 25.4. The molecule has 35 heavy (non-hydrogen) atoms. The second-order valence-corrected chi connectivity index (χ2v) is 11.9. The van der Waals surface area contributed by atoms with Crippen molar-refractivity contribution in [2.45, 2.75) is 86.1 Å². The molecule has 0 radical (unpaired) electrons. The number of carbonyl (C=O) groups excluding carboxylic acids is 2. The number of likely N-dealkylation sites (tertiary alicyclic amines) is 2. The Morgan fingerprint density at radius 3 is 2.03 bits per heavy atom. The molecule has 1 aromatic carbocycles. The van der Waals surface area contributed by atoms with Crippen LogP contribution in [0.15, 0.2) is 24.3 Å². The quantitative estimate of drug-likeness (QED) is 0.482. The number of rotatable bonds is 6. The highest BCUT2D eigenvalue weighted by Crippen LogP contribution is 2.31. The van der Waals surface area contributed by atoms with E-state index in [-0.39, 0.29) is 18.1 Å². The van der Waals surface area contributed by atoms with Gasteiger partial charge in [-0.1, -0.05) is 46.8 Å². The first kappa shape index (κ1) is 27.9. The molecule has 1 aromatic rings. The molecular formula is C30H49N3O2. The summed E-state index contributed by atoms with van der Waals surface area (Å²) in [5, 5.41) is 0. The van der Waals surface area contributed by atoms with Gasteiger partial charge in [0.2, 0.25) is 5.91 Å². The smallest absolute Gasteiger partial charge is 0.234 e. The molecule has 4 rings (SSSR count). The fourth-order valence-electron chi connectivity index (χ4n) is 5.97. The lowest BCUT2D eigenvalue weighted by Gasteiger charge is -2.38. The molecule has 0 N–H and O–H groups in total. The van der Waals surface area contributed by atoms with E-state index in [1.807, 2.05) is 26.0 Å². The van der Waals surface area contributed by atoms with E-state index < -0.39 is 0 Å². The Kier molecular flexibility index (Phi) is 10.4. The minimum absolute atomic E-state index is 0.0490. The van der Waals surface area contributed by atoms with Crippen molar-refractivity contribution in [2.24, 2.45) is 17.3 Å². The van der Waals surface area contributed by atoms with Crippen molar-refractivity contribution in [1.29, 1.82) is 0 Å². The Bertz CT molecular complexity index is 815. The van der Waals surface area contributed by atoms with E-state index in [1.54, 1.807) is 4.90 Å². The summed E-state index contributed by atoms with van der Waals surface area (Å²) in [6, 6.07) is 8.36. The summed E-state index contributed by atoms with van der Waals surface area (Å²) in [7, 11) is 0. The van der Waals surface area contributed by atoms with Gasteiger partial charge in [0.25, 0.3) is 0 Å². The molecule has 0 aliphatic carbocycles. The number of hydrogen-bond donors (Lipinski definition) is 0. The highest BCUT2D eigenvalue weighted by molar-refractivity contribution is 6.08. The summed E-state index contributed by atoms with van der Waals surface area (Å²) in [6.45, 7) is 18.6. The number of carbonyl (C=O) groups is 2. The first-order chi connectivity index (χ1) is 16.7. The van der Waals surface area contributed by atoms with Gasteiger partial charge in [-0.05, 0) is 93.2 Å². The summed E-state index contributed by atoms with van der Waals surface area (Å²) >= 11 is 0. The molecular weight excluding hydrogens is 434 g/mol. The summed E-state index contributed by atoms with van der Waals surface area (Å²) in [5.41, 5.74) is 2.61. The number of ketones is 1. The average molecular weight is 484 g/mol. The molecule has 196 valence electrons. The molecule has 3 fully saturated rings. The van der Waals surface area contributed by atoms with E-state index in [0.29, 0.717) is 18.4 Å². The third-order valence-electron chi connectivity index (χ3n) is 7.67. The second kappa shape index (κ2) is 13.0. The van der Waals surface area contributed by atoms with Gasteiger partial charge in [0, 0.05) is 31.7 Å². The lowest BCUT2D eigenvalue weighted by Crippen LogP contribution is -2.40. The molecule has 0 spiro atoms. The van der Waals surface area contributed by atoms with Gasteiger partial charge >= 0.3 is 0 Å². The standard InChI is InChI=1S/C28H43N3O2.C2H6/c1-28(2,3)21-30-14-9-23(10-15-30)17-22-7-12-29(13-8-22)20-24-5-4-6-25(18-24)31-16-11-26(32)19-27(31)33;1-2/h4-6,18,22-23H,7-17,19-21H2,1-3H3;1-2H3. The van der Waals surface area contributed by atoms with Crippen molar-refractivity contribution in [3.63, 3.8) is 0 Å². The number of anilines is 1. The van der Waals surface area contributed by atoms with Gasteiger partial charge in [-0.2, -0.15) is 0 Å². The maximum absolute atomic E-state index is 12.3. The summed E-state index contributed by atoms with van der Waals surface area (Å²) < 4.78 is 0. The predicted molar refractivity (Wildman–Crippen MR) is 146 cm³/mol. The van der Waals surface area contributed by atoms with E-state index in [9.17, 15) is 9.59 Å². The van der Waals surface area contributed by atoms with Crippen LogP contribution in [0.25, 0.3) is 0 Å². The third-order valence-corrected chi connectivity index (χ3v) is 7.67. The number of amides is 1. The van der Waals surface area contributed by atoms with Gasteiger partial charge in [0.15, 0.2) is 0 Å². The Hall–Kier alpha value is -1.72. The van der Waals surface area contributed by atoms with E-state index in [2.05, 4.69) is 42.7 Å². The SMILES string of the molecule is CC.CC(C)(C)CN1CCC(CC2CCN(Cc3cccc(N4CCC(=O)CC4=O)c3)CC2)CC1. The van der Waals surface area contributed by atoms with Crippen molar-refractivity contribution in [3.05, 3.63) is 29.8 Å². The maximum Gasteiger partial charge on any atom is 0.234 e. The molecule has 0 aromatic heterocycles. The Morgan fingerprint density at radius 2 is 1.46 bits per heavy atom. The number of Topliss-reactive ketones (excluding diaryl/α,β-unsaturated/α-hetero) is 1. The molecule has 5 nitrogen and oxygen atoms in total. The maximum atomic E-state index is 12.3. The van der Waals surface area contributed by atoms with Crippen LogP contribution in [-0.4, -0.2) is 60.8 Å². The Labute approximate surface area is 214 Å². The Morgan fingerprint density at radius 1 is 0.857 bits per heavy atom. The van der Waals surface area contributed by atoms with Crippen molar-refractivity contribution < 1.29 is 9.59 Å². The lowest BCUT2D eigenvalue weighted by molar-refractivity contribution is -0.128. The normalized spacial score (nSPS) is 21.7. The molecule has 3 saturated heterocycles. The van der Waals surface area contributed by atoms with Gasteiger partial charge in [-0.25, -0.2) is 0 Å². The van der Waals surface area contributed by atoms with Crippen molar-refractivity contribution in [1.82, 2.24) is 9.80 Å². The fourth-order valence-corrected chi connectivity index (χ4v) is 5.97. The van der Waals surface area contributed by atoms with Crippen LogP contribution in [0, 0.1) is 17.3 Å². The van der Waals surface area contributed by atoms with Crippen LogP contribution in [0.1, 0.15) is 85.1 Å². The van der Waals surface area contributed by atoms with E-state index in [4.69, 9.17) is 0 Å². The van der Waals surface area contributed by atoms with E-state index >= 15 is 0 Å². The highest BCUT2D eigenvalue weighted by atomic mass is 16.2. The zero-order valence-electron chi connectivity index (χ0n) is 23.0. The molecule has 3 aliphatic rings.